The van der Waals surface area contributed by atoms with E-state index in [-0.39, 0.29) is 6.03 Å². The lowest BCUT2D eigenvalue weighted by Crippen LogP contribution is -2.47. The number of urea groups is 1. The number of fused-ring (bicyclic) bond motifs is 1. The van der Waals surface area contributed by atoms with Gasteiger partial charge in [-0.2, -0.15) is 0 Å². The molecule has 5 heteroatoms. The third-order valence-corrected chi connectivity index (χ3v) is 4.65. The van der Waals surface area contributed by atoms with Crippen molar-refractivity contribution in [1.29, 1.82) is 0 Å². The van der Waals surface area contributed by atoms with E-state index in [9.17, 15) is 4.79 Å². The standard InChI is InChI=1S/C22H26N4O/c1-16(2)17-8-7-9-18(14-17)22(3,4)25-21(27)23-12-11-20-24-15-19-10-5-6-13-26(19)20/h5-10,13-15H,1,11-12H2,2-4H3,(H2,23,25,27). The molecule has 3 aromatic rings. The molecule has 0 aliphatic carbocycles. The van der Waals surface area contributed by atoms with Gasteiger partial charge in [0, 0.05) is 19.2 Å². The van der Waals surface area contributed by atoms with Gasteiger partial charge >= 0.3 is 6.03 Å². The van der Waals surface area contributed by atoms with Gasteiger partial charge < -0.3 is 15.0 Å². The number of nitrogens with zero attached hydrogens (tertiary/aromatic N) is 2. The molecule has 2 aromatic heterocycles. The summed E-state index contributed by atoms with van der Waals surface area (Å²) < 4.78 is 2.03. The van der Waals surface area contributed by atoms with E-state index in [4.69, 9.17) is 0 Å². The van der Waals surface area contributed by atoms with Crippen LogP contribution in [-0.4, -0.2) is 22.0 Å². The average Bonchev–Trinajstić information content (AvgIpc) is 3.05. The molecule has 0 radical (unpaired) electrons. The summed E-state index contributed by atoms with van der Waals surface area (Å²) in [6, 6.07) is 13.9. The van der Waals surface area contributed by atoms with Crippen LogP contribution < -0.4 is 10.6 Å². The van der Waals surface area contributed by atoms with Crippen LogP contribution in [-0.2, 0) is 12.0 Å². The summed E-state index contributed by atoms with van der Waals surface area (Å²) in [5.41, 5.74) is 3.68. The summed E-state index contributed by atoms with van der Waals surface area (Å²) in [6.45, 7) is 10.5. The highest BCUT2D eigenvalue weighted by Gasteiger charge is 2.23. The summed E-state index contributed by atoms with van der Waals surface area (Å²) >= 11 is 0. The molecule has 0 atom stereocenters. The van der Waals surface area contributed by atoms with Gasteiger partial charge in [-0.25, -0.2) is 9.78 Å². The number of carbonyl (C=O) groups excluding carboxylic acids is 1. The first-order valence-corrected chi connectivity index (χ1v) is 9.10. The number of nitrogens with one attached hydrogen (secondary N) is 2. The van der Waals surface area contributed by atoms with E-state index >= 15 is 0 Å². The molecule has 0 saturated heterocycles. The molecule has 2 heterocycles. The summed E-state index contributed by atoms with van der Waals surface area (Å²) in [5, 5.41) is 5.98. The van der Waals surface area contributed by atoms with E-state index in [1.807, 2.05) is 74.0 Å². The molecule has 140 valence electrons. The first kappa shape index (κ1) is 18.7. The number of hydrogen-bond donors (Lipinski definition) is 2. The molecule has 0 aliphatic heterocycles. The van der Waals surface area contributed by atoms with Gasteiger partial charge in [0.15, 0.2) is 0 Å². The molecule has 0 spiro atoms. The minimum atomic E-state index is -0.491. The Bertz CT molecular complexity index is 971. The summed E-state index contributed by atoms with van der Waals surface area (Å²) in [6.07, 6.45) is 4.49. The lowest BCUT2D eigenvalue weighted by molar-refractivity contribution is 0.230. The number of benzene rings is 1. The van der Waals surface area contributed by atoms with Gasteiger partial charge in [0.05, 0.1) is 17.3 Å². The van der Waals surface area contributed by atoms with Crippen molar-refractivity contribution in [3.63, 3.8) is 0 Å². The van der Waals surface area contributed by atoms with Crippen molar-refractivity contribution in [3.05, 3.63) is 78.4 Å². The molecule has 0 bridgehead atoms. The predicted molar refractivity (Wildman–Crippen MR) is 110 cm³/mol. The van der Waals surface area contributed by atoms with Crippen LogP contribution in [0.5, 0.6) is 0 Å². The summed E-state index contributed by atoms with van der Waals surface area (Å²) in [4.78, 5) is 16.8. The van der Waals surface area contributed by atoms with E-state index < -0.39 is 5.54 Å². The van der Waals surface area contributed by atoms with Crippen molar-refractivity contribution in [2.75, 3.05) is 6.54 Å². The Kier molecular flexibility index (Phi) is 5.31. The van der Waals surface area contributed by atoms with Crippen LogP contribution in [0.15, 0.2) is 61.4 Å². The fourth-order valence-corrected chi connectivity index (χ4v) is 3.05. The van der Waals surface area contributed by atoms with Gasteiger partial charge in [-0.15, -0.1) is 0 Å². The van der Waals surface area contributed by atoms with E-state index in [1.165, 1.54) is 0 Å². The Morgan fingerprint density at radius 1 is 1.22 bits per heavy atom. The van der Waals surface area contributed by atoms with E-state index in [1.54, 1.807) is 0 Å². The number of imidazole rings is 1. The van der Waals surface area contributed by atoms with Crippen LogP contribution in [0.2, 0.25) is 0 Å². The topological polar surface area (TPSA) is 58.4 Å². The third kappa shape index (κ3) is 4.37. The number of amides is 2. The second kappa shape index (κ2) is 7.66. The molecule has 2 amide bonds. The maximum absolute atomic E-state index is 12.4. The van der Waals surface area contributed by atoms with Crippen LogP contribution in [0, 0.1) is 0 Å². The molecule has 0 fully saturated rings. The first-order valence-electron chi connectivity index (χ1n) is 9.10. The van der Waals surface area contributed by atoms with E-state index in [0.29, 0.717) is 13.0 Å². The molecule has 1 aromatic carbocycles. The van der Waals surface area contributed by atoms with Gasteiger partial charge in [0.25, 0.3) is 0 Å². The van der Waals surface area contributed by atoms with Gasteiger partial charge in [0.1, 0.15) is 5.82 Å². The zero-order valence-corrected chi connectivity index (χ0v) is 16.1. The molecule has 0 saturated carbocycles. The highest BCUT2D eigenvalue weighted by atomic mass is 16.2. The number of rotatable bonds is 6. The van der Waals surface area contributed by atoms with Gasteiger partial charge in [-0.1, -0.05) is 36.4 Å². The van der Waals surface area contributed by atoms with Gasteiger partial charge in [-0.05, 0) is 50.1 Å². The number of aromatic nitrogens is 2. The Labute approximate surface area is 160 Å². The Morgan fingerprint density at radius 2 is 2.04 bits per heavy atom. The molecule has 2 N–H and O–H groups in total. The fourth-order valence-electron chi connectivity index (χ4n) is 3.05. The smallest absolute Gasteiger partial charge is 0.315 e. The average molecular weight is 362 g/mol. The highest BCUT2D eigenvalue weighted by molar-refractivity contribution is 5.75. The predicted octanol–water partition coefficient (Wildman–Crippen LogP) is 4.14. The maximum Gasteiger partial charge on any atom is 0.315 e. The van der Waals surface area contributed by atoms with Crippen LogP contribution >= 0.6 is 0 Å². The number of carbonyl (C=O) groups is 1. The van der Waals surface area contributed by atoms with Crippen LogP contribution in [0.25, 0.3) is 11.1 Å². The van der Waals surface area contributed by atoms with E-state index in [2.05, 4.69) is 28.3 Å². The minimum absolute atomic E-state index is 0.193. The number of hydrogen-bond acceptors (Lipinski definition) is 2. The van der Waals surface area contributed by atoms with Crippen molar-refractivity contribution < 1.29 is 4.79 Å². The molecule has 3 rings (SSSR count). The van der Waals surface area contributed by atoms with Crippen LogP contribution in [0.3, 0.4) is 0 Å². The van der Waals surface area contributed by atoms with Gasteiger partial charge in [0.2, 0.25) is 0 Å². The molecule has 0 unspecified atom stereocenters. The minimum Gasteiger partial charge on any atom is -0.338 e. The van der Waals surface area contributed by atoms with Crippen molar-refractivity contribution in [3.8, 4) is 0 Å². The number of allylic oxidation sites excluding steroid dienone is 1. The summed E-state index contributed by atoms with van der Waals surface area (Å²) in [7, 11) is 0. The molecule has 5 nitrogen and oxygen atoms in total. The largest absolute Gasteiger partial charge is 0.338 e. The molecular weight excluding hydrogens is 336 g/mol. The SMILES string of the molecule is C=C(C)c1cccc(C(C)(C)NC(=O)NCCc2ncc3ccccn23)c1. The zero-order valence-electron chi connectivity index (χ0n) is 16.1. The first-order chi connectivity index (χ1) is 12.9. The Morgan fingerprint density at radius 3 is 2.81 bits per heavy atom. The highest BCUT2D eigenvalue weighted by Crippen LogP contribution is 2.23. The second-order valence-corrected chi connectivity index (χ2v) is 7.29. The van der Waals surface area contributed by atoms with Crippen LogP contribution in [0.1, 0.15) is 37.7 Å². The van der Waals surface area contributed by atoms with E-state index in [0.717, 1.165) is 28.0 Å². The van der Waals surface area contributed by atoms with Crippen molar-refractivity contribution in [2.24, 2.45) is 0 Å². The monoisotopic (exact) mass is 362 g/mol. The summed E-state index contributed by atoms with van der Waals surface area (Å²) in [5.74, 6) is 0.930. The Hall–Kier alpha value is -3.08. The van der Waals surface area contributed by atoms with Crippen molar-refractivity contribution in [2.45, 2.75) is 32.7 Å². The second-order valence-electron chi connectivity index (χ2n) is 7.29. The third-order valence-electron chi connectivity index (χ3n) is 4.65. The fraction of sp³-hybridized carbons (Fsp3) is 0.273. The quantitative estimate of drug-likeness (QED) is 0.692. The Balaban J connectivity index is 1.58. The normalized spacial score (nSPS) is 11.4. The number of pyridine rings is 1. The molecule has 0 aliphatic rings. The maximum atomic E-state index is 12.4. The van der Waals surface area contributed by atoms with Crippen LogP contribution in [0.4, 0.5) is 4.79 Å². The van der Waals surface area contributed by atoms with Crippen molar-refractivity contribution in [1.82, 2.24) is 20.0 Å². The van der Waals surface area contributed by atoms with Crippen molar-refractivity contribution >= 4 is 17.1 Å². The lowest BCUT2D eigenvalue weighted by Gasteiger charge is -2.27. The lowest BCUT2D eigenvalue weighted by atomic mass is 9.92. The molecule has 27 heavy (non-hydrogen) atoms. The molecular formula is C22H26N4O. The zero-order chi connectivity index (χ0) is 19.4. The van der Waals surface area contributed by atoms with Gasteiger partial charge in [-0.3, -0.25) is 0 Å².